The second-order valence-corrected chi connectivity index (χ2v) is 7.65. The number of sulfone groups is 1. The molecule has 1 aliphatic heterocycles. The Labute approximate surface area is 140 Å². The van der Waals surface area contributed by atoms with Crippen molar-refractivity contribution >= 4 is 9.84 Å². The van der Waals surface area contributed by atoms with Gasteiger partial charge >= 0.3 is 0 Å². The first-order valence-corrected chi connectivity index (χ1v) is 9.87. The summed E-state index contributed by atoms with van der Waals surface area (Å²) in [6.07, 6.45) is 3.78. The number of methoxy groups -OCH3 is 1. The van der Waals surface area contributed by atoms with Crippen molar-refractivity contribution in [2.75, 3.05) is 31.8 Å². The average Bonchev–Trinajstić information content (AvgIpc) is 2.85. The summed E-state index contributed by atoms with van der Waals surface area (Å²) < 4.78 is 30.1. The topological polar surface area (TPSA) is 113 Å². The Morgan fingerprint density at radius 1 is 1.17 bits per heavy atom. The maximum absolute atomic E-state index is 10.4. The van der Waals surface area contributed by atoms with Crippen LogP contribution < -0.4 is 0 Å². The summed E-state index contributed by atoms with van der Waals surface area (Å²) in [6, 6.07) is 0. The van der Waals surface area contributed by atoms with E-state index in [0.717, 1.165) is 25.7 Å². The largest absolute Gasteiger partial charge is 0.396 e. The summed E-state index contributed by atoms with van der Waals surface area (Å²) in [6.45, 7) is 5.78. The number of ether oxygens (including phenoxy) is 2. The van der Waals surface area contributed by atoms with Crippen LogP contribution in [-0.4, -0.2) is 67.6 Å². The third-order valence-electron chi connectivity index (χ3n) is 3.04. The van der Waals surface area contributed by atoms with E-state index in [1.54, 1.807) is 6.92 Å². The van der Waals surface area contributed by atoms with Gasteiger partial charge in [0.1, 0.15) is 9.84 Å². The number of hydrogen-bond acceptors (Lipinski definition) is 7. The molecular weight excluding hydrogens is 324 g/mol. The number of aliphatic hydroxyl groups excluding tert-OH is 2. The van der Waals surface area contributed by atoms with Gasteiger partial charge in [0, 0.05) is 27.2 Å². The van der Waals surface area contributed by atoms with E-state index in [4.69, 9.17) is 20.1 Å². The predicted molar refractivity (Wildman–Crippen MR) is 89.8 cm³/mol. The van der Waals surface area contributed by atoms with Crippen LogP contribution >= 0.6 is 0 Å². The predicted octanol–water partition coefficient (Wildman–Crippen LogP) is 1.06. The molecule has 2 unspecified atom stereocenters. The normalized spacial score (nSPS) is 19.6. The zero-order valence-electron chi connectivity index (χ0n) is 14.8. The number of rotatable bonds is 7. The van der Waals surface area contributed by atoms with Gasteiger partial charge in [-0.15, -0.1) is 0 Å². The van der Waals surface area contributed by atoms with E-state index in [-0.39, 0.29) is 12.7 Å². The van der Waals surface area contributed by atoms with Crippen molar-refractivity contribution in [3.8, 4) is 0 Å². The van der Waals surface area contributed by atoms with E-state index < -0.39 is 15.8 Å². The minimum Gasteiger partial charge on any atom is -0.396 e. The Morgan fingerprint density at radius 3 is 1.91 bits per heavy atom. The van der Waals surface area contributed by atoms with Crippen LogP contribution in [0.4, 0.5) is 0 Å². The van der Waals surface area contributed by atoms with Gasteiger partial charge in [0.15, 0.2) is 0 Å². The Bertz CT molecular complexity index is 337. The Morgan fingerprint density at radius 2 is 1.70 bits per heavy atom. The standard InChI is InChI=1S/C6H14O2.C5H12O3.C4H8O2S/c1-2-3-6(8)4-5-7;1-4-8-5(2,6)7-3;5-7(6)3-1-2-4-7/h6-8H,2-5H2,1H3;6H,4H2,1-3H3;1-4H2. The van der Waals surface area contributed by atoms with Gasteiger partial charge < -0.3 is 24.8 Å². The first-order valence-electron chi connectivity index (χ1n) is 8.04. The lowest BCUT2D eigenvalue weighted by atomic mass is 10.2. The molecular formula is C15H34O7S. The zero-order valence-corrected chi connectivity index (χ0v) is 15.6. The highest BCUT2D eigenvalue weighted by molar-refractivity contribution is 7.91. The Balaban J connectivity index is 0. The fourth-order valence-electron chi connectivity index (χ4n) is 1.70. The second kappa shape index (κ2) is 14.1. The van der Waals surface area contributed by atoms with E-state index >= 15 is 0 Å². The molecule has 0 radical (unpaired) electrons. The van der Waals surface area contributed by atoms with E-state index in [1.165, 1.54) is 14.0 Å². The SMILES string of the molecule is CCCC(O)CCO.CCOC(C)(O)OC.O=S1(=O)CCCC1. The van der Waals surface area contributed by atoms with Crippen LogP contribution in [-0.2, 0) is 19.3 Å². The molecule has 1 saturated heterocycles. The van der Waals surface area contributed by atoms with Gasteiger partial charge in [-0.3, -0.25) is 0 Å². The summed E-state index contributed by atoms with van der Waals surface area (Å²) >= 11 is 0. The third kappa shape index (κ3) is 17.9. The first kappa shape index (κ1) is 25.0. The number of aliphatic hydroxyl groups is 3. The number of hydrogen-bond donors (Lipinski definition) is 3. The highest BCUT2D eigenvalue weighted by Crippen LogP contribution is 2.08. The third-order valence-corrected chi connectivity index (χ3v) is 4.86. The van der Waals surface area contributed by atoms with Gasteiger partial charge in [0.05, 0.1) is 17.6 Å². The van der Waals surface area contributed by atoms with Crippen molar-refractivity contribution in [2.45, 2.75) is 65.0 Å². The van der Waals surface area contributed by atoms with Crippen molar-refractivity contribution in [3.63, 3.8) is 0 Å². The highest BCUT2D eigenvalue weighted by Gasteiger charge is 2.17. The van der Waals surface area contributed by atoms with Gasteiger partial charge in [0.2, 0.25) is 0 Å². The molecule has 0 aliphatic carbocycles. The van der Waals surface area contributed by atoms with Crippen molar-refractivity contribution < 1.29 is 33.2 Å². The maximum atomic E-state index is 10.4. The van der Waals surface area contributed by atoms with E-state index in [0.29, 0.717) is 24.5 Å². The molecule has 7 nitrogen and oxygen atoms in total. The second-order valence-electron chi connectivity index (χ2n) is 5.35. The van der Waals surface area contributed by atoms with Gasteiger partial charge in [-0.1, -0.05) is 13.3 Å². The maximum Gasteiger partial charge on any atom is 0.277 e. The average molecular weight is 358 g/mol. The molecule has 0 aromatic heterocycles. The first-order chi connectivity index (χ1) is 10.6. The van der Waals surface area contributed by atoms with Crippen LogP contribution in [0.15, 0.2) is 0 Å². The van der Waals surface area contributed by atoms with Crippen molar-refractivity contribution in [3.05, 3.63) is 0 Å². The molecule has 1 heterocycles. The molecule has 8 heteroatoms. The van der Waals surface area contributed by atoms with Crippen LogP contribution in [0.3, 0.4) is 0 Å². The molecule has 0 aromatic rings. The molecule has 1 aliphatic rings. The van der Waals surface area contributed by atoms with E-state index in [1.807, 2.05) is 6.92 Å². The molecule has 0 spiro atoms. The van der Waals surface area contributed by atoms with Crippen LogP contribution in [0, 0.1) is 0 Å². The fraction of sp³-hybridized carbons (Fsp3) is 1.00. The van der Waals surface area contributed by atoms with Crippen LogP contribution in [0.25, 0.3) is 0 Å². The van der Waals surface area contributed by atoms with Crippen LogP contribution in [0.5, 0.6) is 0 Å². The lowest BCUT2D eigenvalue weighted by Crippen LogP contribution is -2.30. The molecule has 0 saturated carbocycles. The minimum atomic E-state index is -2.55. The molecule has 1 rings (SSSR count). The summed E-state index contributed by atoms with van der Waals surface area (Å²) in [5, 5.41) is 26.1. The van der Waals surface area contributed by atoms with Gasteiger partial charge in [0.25, 0.3) is 5.97 Å². The van der Waals surface area contributed by atoms with Gasteiger partial charge in [-0.2, -0.15) is 0 Å². The zero-order chi connectivity index (χ0) is 18.4. The summed E-state index contributed by atoms with van der Waals surface area (Å²) in [7, 11) is -1.16. The Hall–Kier alpha value is -0.250. The monoisotopic (exact) mass is 358 g/mol. The molecule has 2 atom stereocenters. The van der Waals surface area contributed by atoms with Crippen molar-refractivity contribution in [1.29, 1.82) is 0 Å². The highest BCUT2D eigenvalue weighted by atomic mass is 32.2. The summed E-state index contributed by atoms with van der Waals surface area (Å²) in [5.41, 5.74) is 0. The molecule has 0 bridgehead atoms. The van der Waals surface area contributed by atoms with E-state index in [2.05, 4.69) is 4.74 Å². The smallest absolute Gasteiger partial charge is 0.277 e. The Kier molecular flexibility index (Phi) is 15.3. The molecule has 23 heavy (non-hydrogen) atoms. The van der Waals surface area contributed by atoms with Crippen molar-refractivity contribution in [1.82, 2.24) is 0 Å². The molecule has 3 N–H and O–H groups in total. The summed E-state index contributed by atoms with van der Waals surface area (Å²) in [4.78, 5) is 0. The molecule has 1 fully saturated rings. The molecule has 142 valence electrons. The van der Waals surface area contributed by atoms with Crippen LogP contribution in [0.1, 0.15) is 52.9 Å². The van der Waals surface area contributed by atoms with Gasteiger partial charge in [-0.25, -0.2) is 8.42 Å². The van der Waals surface area contributed by atoms with E-state index in [9.17, 15) is 8.42 Å². The summed E-state index contributed by atoms with van der Waals surface area (Å²) in [5.74, 6) is -0.561. The fourth-order valence-corrected chi connectivity index (χ4v) is 3.19. The minimum absolute atomic E-state index is 0.0984. The quantitative estimate of drug-likeness (QED) is 0.583. The lowest BCUT2D eigenvalue weighted by molar-refractivity contribution is -0.336. The lowest BCUT2D eigenvalue weighted by Gasteiger charge is -2.19. The van der Waals surface area contributed by atoms with Crippen LogP contribution in [0.2, 0.25) is 0 Å². The molecule has 0 aromatic carbocycles. The molecule has 0 amide bonds. The van der Waals surface area contributed by atoms with Crippen molar-refractivity contribution in [2.24, 2.45) is 0 Å². The van der Waals surface area contributed by atoms with Gasteiger partial charge in [-0.05, 0) is 32.6 Å².